The monoisotopic (exact) mass is 175 g/mol. The molecule has 0 saturated carbocycles. The summed E-state index contributed by atoms with van der Waals surface area (Å²) in [7, 11) is 0. The summed E-state index contributed by atoms with van der Waals surface area (Å²) in [6.07, 6.45) is 1.27. The van der Waals surface area contributed by atoms with Gasteiger partial charge in [-0.15, -0.1) is 0 Å². The molecule has 1 aromatic rings. The van der Waals surface area contributed by atoms with Gasteiger partial charge in [0.1, 0.15) is 6.07 Å². The largest absolute Gasteiger partial charge is 0.371 e. The molecule has 0 aliphatic rings. The summed E-state index contributed by atoms with van der Waals surface area (Å²) in [5.41, 5.74) is -0.630. The van der Waals surface area contributed by atoms with Crippen LogP contribution in [0.2, 0.25) is 0 Å². The molecule has 0 aliphatic carbocycles. The Kier molecular flexibility index (Phi) is 3.05. The van der Waals surface area contributed by atoms with Crippen LogP contribution in [-0.4, -0.2) is 5.11 Å². The summed E-state index contributed by atoms with van der Waals surface area (Å²) in [4.78, 5) is 0. The molecule has 1 N–H and O–H groups in total. The lowest BCUT2D eigenvalue weighted by atomic mass is 9.91. The highest BCUT2D eigenvalue weighted by Crippen LogP contribution is 2.24. The molecule has 0 bridgehead atoms. The number of nitrogens with zero attached hydrogens (tertiary/aromatic N) is 1. The molecule has 2 nitrogen and oxygen atoms in total. The standard InChI is InChI=1S/C11H13NO/c1-2-8-11(13,9-12)10-6-4-3-5-7-10/h3-7,13H,2,8H2,1H3. The second-order valence-electron chi connectivity index (χ2n) is 3.09. The average Bonchev–Trinajstić information content (AvgIpc) is 2.19. The van der Waals surface area contributed by atoms with Gasteiger partial charge in [-0.1, -0.05) is 43.7 Å². The molecule has 1 unspecified atom stereocenters. The molecule has 0 saturated heterocycles. The molecule has 0 aliphatic heterocycles. The van der Waals surface area contributed by atoms with Crippen molar-refractivity contribution in [2.45, 2.75) is 25.4 Å². The predicted octanol–water partition coefficient (Wildman–Crippen LogP) is 2.20. The first-order valence-electron chi connectivity index (χ1n) is 4.42. The van der Waals surface area contributed by atoms with Gasteiger partial charge in [-0.25, -0.2) is 0 Å². The Morgan fingerprint density at radius 3 is 2.46 bits per heavy atom. The van der Waals surface area contributed by atoms with Crippen molar-refractivity contribution < 1.29 is 5.11 Å². The highest BCUT2D eigenvalue weighted by molar-refractivity contribution is 5.28. The number of rotatable bonds is 3. The third kappa shape index (κ3) is 2.07. The van der Waals surface area contributed by atoms with Gasteiger partial charge in [0.25, 0.3) is 0 Å². The van der Waals surface area contributed by atoms with Crippen LogP contribution < -0.4 is 0 Å². The minimum absolute atomic E-state index is 0.480. The van der Waals surface area contributed by atoms with Gasteiger partial charge >= 0.3 is 0 Å². The molecule has 0 spiro atoms. The molecule has 13 heavy (non-hydrogen) atoms. The number of hydrogen-bond acceptors (Lipinski definition) is 2. The van der Waals surface area contributed by atoms with Crippen LogP contribution in [0.5, 0.6) is 0 Å². The highest BCUT2D eigenvalue weighted by Gasteiger charge is 2.27. The summed E-state index contributed by atoms with van der Waals surface area (Å²) in [5, 5.41) is 18.8. The van der Waals surface area contributed by atoms with Crippen molar-refractivity contribution in [1.82, 2.24) is 0 Å². The Hall–Kier alpha value is -1.33. The van der Waals surface area contributed by atoms with Gasteiger partial charge in [0.15, 0.2) is 5.60 Å². The molecule has 0 fully saturated rings. The van der Waals surface area contributed by atoms with Gasteiger partial charge in [0.05, 0.1) is 0 Å². The van der Waals surface area contributed by atoms with Crippen LogP contribution in [0.1, 0.15) is 25.3 Å². The number of benzene rings is 1. The molecule has 0 heterocycles. The normalized spacial score (nSPS) is 14.5. The number of nitriles is 1. The van der Waals surface area contributed by atoms with Crippen LogP contribution in [0.25, 0.3) is 0 Å². The Balaban J connectivity index is 2.98. The summed E-state index contributed by atoms with van der Waals surface area (Å²) in [5.74, 6) is 0. The SMILES string of the molecule is CCCC(O)(C#N)c1ccccc1. The van der Waals surface area contributed by atoms with Crippen molar-refractivity contribution in [2.24, 2.45) is 0 Å². The minimum atomic E-state index is -1.31. The van der Waals surface area contributed by atoms with Crippen molar-refractivity contribution in [1.29, 1.82) is 5.26 Å². The van der Waals surface area contributed by atoms with Crippen LogP contribution in [0.3, 0.4) is 0 Å². The lowest BCUT2D eigenvalue weighted by Crippen LogP contribution is -2.22. The Bertz CT molecular complexity index is 302. The van der Waals surface area contributed by atoms with E-state index in [9.17, 15) is 5.11 Å². The Morgan fingerprint density at radius 2 is 2.00 bits per heavy atom. The van der Waals surface area contributed by atoms with Crippen molar-refractivity contribution in [3.63, 3.8) is 0 Å². The van der Waals surface area contributed by atoms with Gasteiger partial charge in [0, 0.05) is 0 Å². The first kappa shape index (κ1) is 9.76. The lowest BCUT2D eigenvalue weighted by molar-refractivity contribution is 0.0870. The van der Waals surface area contributed by atoms with Gasteiger partial charge in [-0.3, -0.25) is 0 Å². The fourth-order valence-corrected chi connectivity index (χ4v) is 1.34. The second kappa shape index (κ2) is 4.06. The Labute approximate surface area is 78.4 Å². The van der Waals surface area contributed by atoms with Gasteiger partial charge < -0.3 is 5.11 Å². The predicted molar refractivity (Wildman–Crippen MR) is 50.9 cm³/mol. The van der Waals surface area contributed by atoms with E-state index in [2.05, 4.69) is 0 Å². The zero-order chi connectivity index (χ0) is 9.73. The zero-order valence-electron chi connectivity index (χ0n) is 7.70. The third-order valence-electron chi connectivity index (χ3n) is 2.05. The summed E-state index contributed by atoms with van der Waals surface area (Å²) < 4.78 is 0. The van der Waals surface area contributed by atoms with E-state index in [1.165, 1.54) is 0 Å². The van der Waals surface area contributed by atoms with E-state index in [1.807, 2.05) is 31.2 Å². The van der Waals surface area contributed by atoms with Crippen molar-refractivity contribution in [2.75, 3.05) is 0 Å². The zero-order valence-corrected chi connectivity index (χ0v) is 7.70. The molecular formula is C11H13NO. The average molecular weight is 175 g/mol. The van der Waals surface area contributed by atoms with Crippen LogP contribution in [0, 0.1) is 11.3 Å². The molecule has 68 valence electrons. The molecule has 1 atom stereocenters. The van der Waals surface area contributed by atoms with E-state index >= 15 is 0 Å². The van der Waals surface area contributed by atoms with Crippen molar-refractivity contribution in [3.05, 3.63) is 35.9 Å². The second-order valence-corrected chi connectivity index (χ2v) is 3.09. The quantitative estimate of drug-likeness (QED) is 0.716. The van der Waals surface area contributed by atoms with Crippen LogP contribution >= 0.6 is 0 Å². The fraction of sp³-hybridized carbons (Fsp3) is 0.364. The highest BCUT2D eigenvalue weighted by atomic mass is 16.3. The number of hydrogen-bond donors (Lipinski definition) is 1. The van der Waals surface area contributed by atoms with Crippen LogP contribution in [-0.2, 0) is 5.60 Å². The Morgan fingerprint density at radius 1 is 1.38 bits per heavy atom. The molecule has 1 rings (SSSR count). The van der Waals surface area contributed by atoms with E-state index < -0.39 is 5.60 Å². The third-order valence-corrected chi connectivity index (χ3v) is 2.05. The van der Waals surface area contributed by atoms with Crippen molar-refractivity contribution >= 4 is 0 Å². The van der Waals surface area contributed by atoms with Crippen LogP contribution in [0.15, 0.2) is 30.3 Å². The maximum Gasteiger partial charge on any atom is 0.176 e. The summed E-state index contributed by atoms with van der Waals surface area (Å²) in [6.45, 7) is 1.95. The molecular weight excluding hydrogens is 162 g/mol. The van der Waals surface area contributed by atoms with E-state index in [4.69, 9.17) is 5.26 Å². The molecule has 0 radical (unpaired) electrons. The number of aliphatic hydroxyl groups is 1. The van der Waals surface area contributed by atoms with Gasteiger partial charge in [0.2, 0.25) is 0 Å². The first-order valence-corrected chi connectivity index (χ1v) is 4.42. The molecule has 0 aromatic heterocycles. The molecule has 0 amide bonds. The van der Waals surface area contributed by atoms with E-state index in [0.29, 0.717) is 12.0 Å². The van der Waals surface area contributed by atoms with Crippen molar-refractivity contribution in [3.8, 4) is 6.07 Å². The summed E-state index contributed by atoms with van der Waals surface area (Å²) >= 11 is 0. The molecule has 2 heteroatoms. The van der Waals surface area contributed by atoms with E-state index in [0.717, 1.165) is 6.42 Å². The maximum absolute atomic E-state index is 9.93. The molecule has 1 aromatic carbocycles. The minimum Gasteiger partial charge on any atom is -0.371 e. The lowest BCUT2D eigenvalue weighted by Gasteiger charge is -2.19. The van der Waals surface area contributed by atoms with E-state index in [-0.39, 0.29) is 0 Å². The first-order chi connectivity index (χ1) is 6.23. The van der Waals surface area contributed by atoms with E-state index in [1.54, 1.807) is 12.1 Å². The van der Waals surface area contributed by atoms with Gasteiger partial charge in [-0.2, -0.15) is 5.26 Å². The van der Waals surface area contributed by atoms with Gasteiger partial charge in [-0.05, 0) is 12.0 Å². The topological polar surface area (TPSA) is 44.0 Å². The maximum atomic E-state index is 9.93. The van der Waals surface area contributed by atoms with Crippen LogP contribution in [0.4, 0.5) is 0 Å². The summed E-state index contributed by atoms with van der Waals surface area (Å²) in [6, 6.07) is 11.0. The fourth-order valence-electron chi connectivity index (χ4n) is 1.34. The smallest absolute Gasteiger partial charge is 0.176 e.